The standard InChI is InChI=1S/C21H33N3O/c1-3-17(2)18-6-8-19(9-7-18)22-21(25)16-23-14-10-20(11-15-23)24-12-4-5-13-24/h6-9,17,20H,3-5,10-16H2,1-2H3,(H,22,25). The number of nitrogens with zero attached hydrogens (tertiary/aromatic N) is 2. The number of anilines is 1. The summed E-state index contributed by atoms with van der Waals surface area (Å²) in [5.74, 6) is 0.678. The van der Waals surface area contributed by atoms with Crippen LogP contribution in [0.3, 0.4) is 0 Å². The third-order valence-electron chi connectivity index (χ3n) is 5.96. The van der Waals surface area contributed by atoms with Crippen LogP contribution in [0.4, 0.5) is 5.69 Å². The molecule has 1 aromatic carbocycles. The van der Waals surface area contributed by atoms with Crippen molar-refractivity contribution >= 4 is 11.6 Å². The molecule has 0 aliphatic carbocycles. The number of carbonyl (C=O) groups is 1. The molecule has 2 aliphatic heterocycles. The second-order valence-corrected chi connectivity index (χ2v) is 7.73. The van der Waals surface area contributed by atoms with Gasteiger partial charge in [-0.25, -0.2) is 0 Å². The van der Waals surface area contributed by atoms with Gasteiger partial charge in [-0.1, -0.05) is 26.0 Å². The van der Waals surface area contributed by atoms with Crippen molar-refractivity contribution < 1.29 is 4.79 Å². The normalized spacial score (nSPS) is 21.4. The molecule has 4 heteroatoms. The zero-order valence-corrected chi connectivity index (χ0v) is 15.8. The maximum Gasteiger partial charge on any atom is 0.238 e. The maximum atomic E-state index is 12.3. The zero-order chi connectivity index (χ0) is 17.6. The lowest BCUT2D eigenvalue weighted by atomic mass is 9.99. The first kappa shape index (κ1) is 18.4. The van der Waals surface area contributed by atoms with E-state index in [1.807, 2.05) is 12.1 Å². The lowest BCUT2D eigenvalue weighted by Gasteiger charge is -2.36. The summed E-state index contributed by atoms with van der Waals surface area (Å²) in [5, 5.41) is 3.05. The lowest BCUT2D eigenvalue weighted by molar-refractivity contribution is -0.117. The number of piperidine rings is 1. The van der Waals surface area contributed by atoms with Gasteiger partial charge in [-0.05, 0) is 68.8 Å². The number of hydrogen-bond donors (Lipinski definition) is 1. The van der Waals surface area contributed by atoms with Gasteiger partial charge >= 0.3 is 0 Å². The lowest BCUT2D eigenvalue weighted by Crippen LogP contribution is -2.45. The van der Waals surface area contributed by atoms with E-state index in [2.05, 4.69) is 41.1 Å². The van der Waals surface area contributed by atoms with Crippen molar-refractivity contribution in [1.82, 2.24) is 9.80 Å². The van der Waals surface area contributed by atoms with Crippen LogP contribution >= 0.6 is 0 Å². The predicted molar refractivity (Wildman–Crippen MR) is 104 cm³/mol. The highest BCUT2D eigenvalue weighted by Gasteiger charge is 2.26. The molecule has 4 nitrogen and oxygen atoms in total. The number of rotatable bonds is 6. The summed E-state index contributed by atoms with van der Waals surface area (Å²) in [6.07, 6.45) is 6.27. The van der Waals surface area contributed by atoms with Gasteiger partial charge in [0.2, 0.25) is 5.91 Å². The van der Waals surface area contributed by atoms with Gasteiger partial charge in [-0.3, -0.25) is 9.69 Å². The monoisotopic (exact) mass is 343 g/mol. The molecule has 3 rings (SSSR count). The molecule has 2 fully saturated rings. The van der Waals surface area contributed by atoms with Crippen molar-refractivity contribution in [3.63, 3.8) is 0 Å². The number of carbonyl (C=O) groups excluding carboxylic acids is 1. The smallest absolute Gasteiger partial charge is 0.238 e. The third kappa shape index (κ3) is 5.05. The molecular formula is C21H33N3O. The number of likely N-dealkylation sites (tertiary alicyclic amines) is 2. The van der Waals surface area contributed by atoms with E-state index < -0.39 is 0 Å². The molecule has 0 aromatic heterocycles. The minimum absolute atomic E-state index is 0.107. The van der Waals surface area contributed by atoms with Crippen LogP contribution in [0.25, 0.3) is 0 Å². The first-order valence-electron chi connectivity index (χ1n) is 10.0. The Morgan fingerprint density at radius 2 is 1.76 bits per heavy atom. The van der Waals surface area contributed by atoms with Gasteiger partial charge in [0.25, 0.3) is 0 Å². The Hall–Kier alpha value is -1.39. The van der Waals surface area contributed by atoms with E-state index in [0.29, 0.717) is 12.5 Å². The third-order valence-corrected chi connectivity index (χ3v) is 5.96. The average Bonchev–Trinajstić information content (AvgIpc) is 3.17. The summed E-state index contributed by atoms with van der Waals surface area (Å²) >= 11 is 0. The van der Waals surface area contributed by atoms with Crippen LogP contribution in [0.2, 0.25) is 0 Å². The van der Waals surface area contributed by atoms with Crippen LogP contribution in [0.1, 0.15) is 57.4 Å². The van der Waals surface area contributed by atoms with E-state index in [4.69, 9.17) is 0 Å². The summed E-state index contributed by atoms with van der Waals surface area (Å²) in [5.41, 5.74) is 2.24. The molecule has 1 unspecified atom stereocenters. The molecule has 0 bridgehead atoms. The quantitative estimate of drug-likeness (QED) is 0.855. The van der Waals surface area contributed by atoms with Crippen molar-refractivity contribution in [2.24, 2.45) is 0 Å². The second-order valence-electron chi connectivity index (χ2n) is 7.73. The highest BCUT2D eigenvalue weighted by Crippen LogP contribution is 2.22. The molecule has 138 valence electrons. The van der Waals surface area contributed by atoms with Gasteiger partial charge in [0.05, 0.1) is 6.54 Å². The first-order valence-corrected chi connectivity index (χ1v) is 10.0. The van der Waals surface area contributed by atoms with Crippen LogP contribution < -0.4 is 5.32 Å². The zero-order valence-electron chi connectivity index (χ0n) is 15.8. The van der Waals surface area contributed by atoms with Crippen molar-refractivity contribution in [1.29, 1.82) is 0 Å². The minimum atomic E-state index is 0.107. The molecule has 1 atom stereocenters. The fraction of sp³-hybridized carbons (Fsp3) is 0.667. The first-order chi connectivity index (χ1) is 12.2. The van der Waals surface area contributed by atoms with Crippen LogP contribution in [-0.4, -0.2) is 54.5 Å². The van der Waals surface area contributed by atoms with Crippen LogP contribution in [0.5, 0.6) is 0 Å². The van der Waals surface area contributed by atoms with Gasteiger partial charge < -0.3 is 10.2 Å². The second kappa shape index (κ2) is 8.81. The van der Waals surface area contributed by atoms with Crippen molar-refractivity contribution in [3.8, 4) is 0 Å². The molecular weight excluding hydrogens is 310 g/mol. The fourth-order valence-electron chi connectivity index (χ4n) is 4.08. The predicted octanol–water partition coefficient (Wildman–Crippen LogP) is 3.70. The molecule has 1 N–H and O–H groups in total. The number of nitrogens with one attached hydrogen (secondary N) is 1. The summed E-state index contributed by atoms with van der Waals surface area (Å²) in [7, 11) is 0. The van der Waals surface area contributed by atoms with E-state index in [1.165, 1.54) is 44.3 Å². The van der Waals surface area contributed by atoms with Gasteiger partial charge in [-0.15, -0.1) is 0 Å². The highest BCUT2D eigenvalue weighted by molar-refractivity contribution is 5.92. The van der Waals surface area contributed by atoms with E-state index in [-0.39, 0.29) is 5.91 Å². The minimum Gasteiger partial charge on any atom is -0.325 e. The summed E-state index contributed by atoms with van der Waals surface area (Å²) in [4.78, 5) is 17.3. The SMILES string of the molecule is CCC(C)c1ccc(NC(=O)CN2CCC(N3CCCC3)CC2)cc1. The van der Waals surface area contributed by atoms with E-state index >= 15 is 0 Å². The summed E-state index contributed by atoms with van der Waals surface area (Å²) in [6.45, 7) is 9.59. The van der Waals surface area contributed by atoms with Crippen LogP contribution in [-0.2, 0) is 4.79 Å². The van der Waals surface area contributed by atoms with E-state index in [0.717, 1.165) is 31.2 Å². The Bertz CT molecular complexity index is 543. The van der Waals surface area contributed by atoms with Crippen molar-refractivity contribution in [3.05, 3.63) is 29.8 Å². The van der Waals surface area contributed by atoms with Gasteiger partial charge in [0.1, 0.15) is 0 Å². The van der Waals surface area contributed by atoms with Crippen LogP contribution in [0, 0.1) is 0 Å². The molecule has 0 radical (unpaired) electrons. The Labute approximate surface area is 152 Å². The fourth-order valence-corrected chi connectivity index (χ4v) is 4.08. The van der Waals surface area contributed by atoms with Crippen molar-refractivity contribution in [2.75, 3.05) is 38.0 Å². The molecule has 1 aromatic rings. The van der Waals surface area contributed by atoms with E-state index in [1.54, 1.807) is 0 Å². The Morgan fingerprint density at radius 1 is 1.12 bits per heavy atom. The molecule has 1 amide bonds. The molecule has 0 saturated carbocycles. The van der Waals surface area contributed by atoms with Crippen LogP contribution in [0.15, 0.2) is 24.3 Å². The van der Waals surface area contributed by atoms with E-state index in [9.17, 15) is 4.79 Å². The number of amides is 1. The topological polar surface area (TPSA) is 35.6 Å². The van der Waals surface area contributed by atoms with Gasteiger partial charge in [-0.2, -0.15) is 0 Å². The number of benzene rings is 1. The van der Waals surface area contributed by atoms with Crippen molar-refractivity contribution in [2.45, 2.75) is 57.9 Å². The molecule has 0 spiro atoms. The number of hydrogen-bond acceptors (Lipinski definition) is 3. The Balaban J connectivity index is 1.42. The molecule has 25 heavy (non-hydrogen) atoms. The molecule has 2 heterocycles. The largest absolute Gasteiger partial charge is 0.325 e. The van der Waals surface area contributed by atoms with Gasteiger partial charge in [0, 0.05) is 24.8 Å². The Morgan fingerprint density at radius 3 is 2.36 bits per heavy atom. The highest BCUT2D eigenvalue weighted by atomic mass is 16.2. The maximum absolute atomic E-state index is 12.3. The Kier molecular flexibility index (Phi) is 6.49. The summed E-state index contributed by atoms with van der Waals surface area (Å²) in [6, 6.07) is 9.06. The molecule has 2 saturated heterocycles. The molecule has 2 aliphatic rings. The van der Waals surface area contributed by atoms with Gasteiger partial charge in [0.15, 0.2) is 0 Å². The summed E-state index contributed by atoms with van der Waals surface area (Å²) < 4.78 is 0. The average molecular weight is 344 g/mol.